The minimum atomic E-state index is -4.70. The molecule has 4 aromatic carbocycles. The second kappa shape index (κ2) is 15.2. The molecule has 0 saturated heterocycles. The summed E-state index contributed by atoms with van der Waals surface area (Å²) < 4.78 is 103. The molecule has 5 heterocycles. The number of nitrogens with zero attached hydrogens (tertiary/aromatic N) is 2. The van der Waals surface area contributed by atoms with Crippen LogP contribution >= 0.6 is 0 Å². The van der Waals surface area contributed by atoms with Crippen LogP contribution in [0.4, 0.5) is 0 Å². The average molecular weight is 899 g/mol. The molecule has 15 nitrogen and oxygen atoms in total. The first-order valence-corrected chi connectivity index (χ1v) is 23.0. The average Bonchev–Trinajstić information content (AvgIpc) is 4.07. The molecule has 0 amide bonds. The Morgan fingerprint density at radius 3 is 1.37 bits per heavy atom. The fraction of sp³-hybridized carbons (Fsp3) is 0. The Balaban J connectivity index is 1.48. The van der Waals surface area contributed by atoms with Gasteiger partial charge in [-0.2, -0.15) is 25.3 Å². The number of nitrogens with one attached hydrogen (secondary N) is 2. The molecule has 7 aromatic rings. The number of aromatic nitrogens is 4. The van der Waals surface area contributed by atoms with Crippen LogP contribution in [0.5, 0.6) is 0 Å². The highest BCUT2D eigenvalue weighted by atomic mass is 32.2. The molecule has 2 aliphatic heterocycles. The predicted molar refractivity (Wildman–Crippen MR) is 237 cm³/mol. The number of fused-ring (bicyclic) bond motifs is 8. The molecule has 0 atom stereocenters. The fourth-order valence-corrected chi connectivity index (χ4v) is 9.04. The molecule has 8 bridgehead atoms. The Morgan fingerprint density at radius 1 is 0.444 bits per heavy atom. The Bertz CT molecular complexity index is 3650. The van der Waals surface area contributed by atoms with Crippen LogP contribution in [-0.4, -0.2) is 69.9 Å². The molecule has 0 saturated carbocycles. The summed E-state index contributed by atoms with van der Waals surface area (Å²) in [4.78, 5) is 28.9. The van der Waals surface area contributed by atoms with Crippen LogP contribution in [0.1, 0.15) is 33.1 Å². The van der Waals surface area contributed by atoms with Crippen molar-refractivity contribution in [2.75, 3.05) is 0 Å². The number of aromatic amines is 2. The van der Waals surface area contributed by atoms with Gasteiger partial charge >= 0.3 is 5.97 Å². The summed E-state index contributed by atoms with van der Waals surface area (Å²) in [6.07, 6.45) is 7.28. The molecule has 9 rings (SSSR count). The van der Waals surface area contributed by atoms with Crippen LogP contribution in [0.25, 0.3) is 90.9 Å². The number of aromatic carboxylic acids is 1. The lowest BCUT2D eigenvalue weighted by atomic mass is 9.80. The van der Waals surface area contributed by atoms with Crippen LogP contribution in [0, 0.1) is 0 Å². The summed E-state index contributed by atoms with van der Waals surface area (Å²) in [5, 5.41) is 11.2. The van der Waals surface area contributed by atoms with Crippen molar-refractivity contribution in [1.29, 1.82) is 0 Å². The molecule has 0 aliphatic carbocycles. The molecule has 3 aromatic heterocycles. The van der Waals surface area contributed by atoms with E-state index in [0.29, 0.717) is 44.9 Å². The molecule has 2 aliphatic rings. The molecular weight excluding hydrogens is 869 g/mol. The van der Waals surface area contributed by atoms with Gasteiger partial charge in [0.15, 0.2) is 0 Å². The first-order valence-electron chi connectivity index (χ1n) is 18.6. The van der Waals surface area contributed by atoms with E-state index in [4.69, 9.17) is 9.97 Å². The largest absolute Gasteiger partial charge is 0.478 e. The van der Waals surface area contributed by atoms with E-state index in [1.54, 1.807) is 24.3 Å². The third kappa shape index (κ3) is 8.12. The molecule has 314 valence electrons. The van der Waals surface area contributed by atoms with Crippen molar-refractivity contribution in [3.63, 3.8) is 0 Å². The molecule has 0 unspecified atom stereocenters. The number of rotatable bonds is 8. The van der Waals surface area contributed by atoms with Crippen molar-refractivity contribution < 1.29 is 48.8 Å². The summed E-state index contributed by atoms with van der Waals surface area (Å²) in [5.74, 6) is -1.47. The van der Waals surface area contributed by atoms with Crippen LogP contribution in [0.15, 0.2) is 136 Å². The minimum absolute atomic E-state index is 0.00430. The second-order valence-electron chi connectivity index (χ2n) is 14.5. The van der Waals surface area contributed by atoms with E-state index in [2.05, 4.69) is 9.97 Å². The smallest absolute Gasteiger partial charge is 0.336 e. The predicted octanol–water partition coefficient (Wildman–Crippen LogP) is 8.76. The normalized spacial score (nSPS) is 12.7. The van der Waals surface area contributed by atoms with Crippen molar-refractivity contribution in [3.05, 3.63) is 150 Å². The maximum Gasteiger partial charge on any atom is 0.336 e. The molecule has 6 N–H and O–H groups in total. The van der Waals surface area contributed by atoms with E-state index >= 15 is 0 Å². The van der Waals surface area contributed by atoms with Gasteiger partial charge in [-0.15, -0.1) is 0 Å². The lowest BCUT2D eigenvalue weighted by Crippen LogP contribution is -2.07. The Hall–Kier alpha value is -7.32. The van der Waals surface area contributed by atoms with E-state index < -0.39 is 51.0 Å². The molecular formula is C45H30N4O11S3. The summed E-state index contributed by atoms with van der Waals surface area (Å²) >= 11 is 0. The van der Waals surface area contributed by atoms with Crippen molar-refractivity contribution in [2.45, 2.75) is 14.7 Å². The highest BCUT2D eigenvalue weighted by Gasteiger charge is 2.29. The van der Waals surface area contributed by atoms with Gasteiger partial charge in [-0.1, -0.05) is 36.4 Å². The zero-order chi connectivity index (χ0) is 44.4. The Labute approximate surface area is 358 Å². The first kappa shape index (κ1) is 41.1. The van der Waals surface area contributed by atoms with E-state index in [1.165, 1.54) is 36.4 Å². The van der Waals surface area contributed by atoms with Gasteiger partial charge in [-0.25, -0.2) is 14.8 Å². The quantitative estimate of drug-likeness (QED) is 0.0781. The SMILES string of the molecule is O=C(O)c1c(-c2ccc(S(=O)(=O)O)cc2)cc(-c2c3nc(cc4ccc(cc5nc(cc6ccc2[nH]6)C=C5)[nH]4)C=C3)c(-c2ccc(S(=O)(=O)O)cc2)c1-c1ccc(S(=O)(=O)O)cc1. The maximum atomic E-state index is 13.7. The van der Waals surface area contributed by atoms with Gasteiger partial charge < -0.3 is 15.1 Å². The second-order valence-corrected chi connectivity index (χ2v) is 18.7. The van der Waals surface area contributed by atoms with E-state index in [1.807, 2.05) is 48.6 Å². The topological polar surface area (TPSA) is 258 Å². The zero-order valence-electron chi connectivity index (χ0n) is 32.1. The Morgan fingerprint density at radius 2 is 0.873 bits per heavy atom. The van der Waals surface area contributed by atoms with E-state index in [9.17, 15) is 48.8 Å². The number of hydrogen-bond acceptors (Lipinski definition) is 9. The van der Waals surface area contributed by atoms with Gasteiger partial charge in [-0.3, -0.25) is 13.7 Å². The van der Waals surface area contributed by atoms with Gasteiger partial charge in [0.1, 0.15) is 0 Å². The summed E-state index contributed by atoms with van der Waals surface area (Å²) in [6, 6.07) is 29.2. The summed E-state index contributed by atoms with van der Waals surface area (Å²) in [6.45, 7) is 0. The number of carbonyl (C=O) groups is 1. The highest BCUT2D eigenvalue weighted by Crippen LogP contribution is 2.48. The fourth-order valence-electron chi connectivity index (χ4n) is 7.60. The maximum absolute atomic E-state index is 13.7. The number of benzene rings is 4. The van der Waals surface area contributed by atoms with Gasteiger partial charge in [-0.05, 0) is 143 Å². The number of carboxylic acids is 1. The van der Waals surface area contributed by atoms with Crippen LogP contribution < -0.4 is 0 Å². The van der Waals surface area contributed by atoms with Gasteiger partial charge in [0.25, 0.3) is 30.4 Å². The molecule has 0 radical (unpaired) electrons. The van der Waals surface area contributed by atoms with Gasteiger partial charge in [0.2, 0.25) is 0 Å². The van der Waals surface area contributed by atoms with Crippen molar-refractivity contribution in [2.24, 2.45) is 0 Å². The molecule has 0 spiro atoms. The lowest BCUT2D eigenvalue weighted by Gasteiger charge is -2.23. The zero-order valence-corrected chi connectivity index (χ0v) is 34.6. The first-order chi connectivity index (χ1) is 29.9. The molecule has 63 heavy (non-hydrogen) atoms. The van der Waals surface area contributed by atoms with Crippen molar-refractivity contribution in [1.82, 2.24) is 19.9 Å². The third-order valence-electron chi connectivity index (χ3n) is 10.4. The van der Waals surface area contributed by atoms with Gasteiger partial charge in [0, 0.05) is 33.2 Å². The van der Waals surface area contributed by atoms with Crippen LogP contribution in [-0.2, 0) is 30.4 Å². The van der Waals surface area contributed by atoms with E-state index in [-0.39, 0.29) is 38.9 Å². The Kier molecular flexibility index (Phi) is 9.93. The molecule has 0 fully saturated rings. The third-order valence-corrected chi connectivity index (χ3v) is 13.0. The highest BCUT2D eigenvalue weighted by molar-refractivity contribution is 7.86. The van der Waals surface area contributed by atoms with Crippen LogP contribution in [0.3, 0.4) is 0 Å². The van der Waals surface area contributed by atoms with Crippen LogP contribution in [0.2, 0.25) is 0 Å². The van der Waals surface area contributed by atoms with E-state index in [0.717, 1.165) is 47.4 Å². The standard InChI is InChI=1S/C45H30N4O11S3/c50-45(51)44-37(25-1-13-34(14-2-25)61(52,53)54)24-38(41(26-3-15-35(16-4-26)62(55,56)57)42(44)27-5-17-36(18-6-27)63(58,59)60)43-39-19-11-32(48-39)22-30-9-7-28(46-30)21-29-8-10-31(47-29)23-33-12-20-40(43)49-33/h1-24,46,49H,(H,50,51)(H,52,53,54)(H,55,56,57)(H,58,59,60). The van der Waals surface area contributed by atoms with Crippen molar-refractivity contribution in [3.8, 4) is 44.5 Å². The summed E-state index contributed by atoms with van der Waals surface area (Å²) in [7, 11) is -14.0. The number of carboxylic acid groups (broad SMARTS) is 1. The number of hydrogen-bond donors (Lipinski definition) is 6. The lowest BCUT2D eigenvalue weighted by molar-refractivity contribution is 0.0698. The molecule has 18 heteroatoms. The monoisotopic (exact) mass is 898 g/mol. The minimum Gasteiger partial charge on any atom is -0.478 e. The van der Waals surface area contributed by atoms with Crippen molar-refractivity contribution >= 4 is 82.7 Å². The summed E-state index contributed by atoms with van der Waals surface area (Å²) in [5.41, 5.74) is 6.15. The number of H-pyrrole nitrogens is 2. The van der Waals surface area contributed by atoms with Gasteiger partial charge in [0.05, 0.1) is 43.0 Å².